The van der Waals surface area contributed by atoms with Crippen molar-refractivity contribution in [3.63, 3.8) is 0 Å². The predicted octanol–water partition coefficient (Wildman–Crippen LogP) is 4.42. The molecule has 0 bridgehead atoms. The van der Waals surface area contributed by atoms with Crippen molar-refractivity contribution in [2.45, 2.75) is 65.7 Å². The third-order valence-corrected chi connectivity index (χ3v) is 5.46. The van der Waals surface area contributed by atoms with E-state index in [1.54, 1.807) is 12.4 Å². The number of pyridine rings is 1. The van der Waals surface area contributed by atoms with Crippen LogP contribution in [0.15, 0.2) is 47.1 Å². The van der Waals surface area contributed by atoms with Crippen LogP contribution in [-0.4, -0.2) is 23.3 Å². The van der Waals surface area contributed by atoms with Crippen LogP contribution in [-0.2, 0) is 14.3 Å². The smallest absolute Gasteiger partial charge is 0.336 e. The number of carbonyl (C=O) groups is 2. The van der Waals surface area contributed by atoms with Gasteiger partial charge in [0, 0.05) is 41.7 Å². The minimum absolute atomic E-state index is 0.0939. The highest BCUT2D eigenvalue weighted by atomic mass is 16.5. The van der Waals surface area contributed by atoms with Crippen LogP contribution in [0.1, 0.15) is 71.3 Å². The molecule has 0 spiro atoms. The van der Waals surface area contributed by atoms with Gasteiger partial charge in [0.15, 0.2) is 5.78 Å². The molecule has 0 saturated carbocycles. The van der Waals surface area contributed by atoms with Crippen molar-refractivity contribution >= 4 is 11.8 Å². The zero-order valence-electron chi connectivity index (χ0n) is 17.3. The molecule has 1 aliphatic heterocycles. The monoisotopic (exact) mass is 382 g/mol. The van der Waals surface area contributed by atoms with Crippen LogP contribution in [0.5, 0.6) is 0 Å². The number of unbranched alkanes of at least 4 members (excludes halogenated alkanes) is 2. The van der Waals surface area contributed by atoms with Crippen molar-refractivity contribution in [1.29, 1.82) is 0 Å². The molecule has 150 valence electrons. The Hall–Kier alpha value is -2.43. The van der Waals surface area contributed by atoms with Crippen molar-refractivity contribution in [2.24, 2.45) is 5.41 Å². The number of hydrogen-bond acceptors (Lipinski definition) is 5. The molecule has 5 nitrogen and oxygen atoms in total. The third kappa shape index (κ3) is 4.18. The van der Waals surface area contributed by atoms with Gasteiger partial charge in [0.2, 0.25) is 0 Å². The Morgan fingerprint density at radius 3 is 2.79 bits per heavy atom. The second-order valence-electron chi connectivity index (χ2n) is 8.56. The summed E-state index contributed by atoms with van der Waals surface area (Å²) in [4.78, 5) is 30.3. The van der Waals surface area contributed by atoms with Crippen LogP contribution in [0.4, 0.5) is 0 Å². The molecule has 5 heteroatoms. The van der Waals surface area contributed by atoms with Crippen LogP contribution in [0.25, 0.3) is 0 Å². The van der Waals surface area contributed by atoms with E-state index >= 15 is 0 Å². The van der Waals surface area contributed by atoms with E-state index in [0.717, 1.165) is 42.6 Å². The molecule has 2 aliphatic rings. The lowest BCUT2D eigenvalue weighted by Gasteiger charge is -2.39. The zero-order valence-corrected chi connectivity index (χ0v) is 17.3. The summed E-state index contributed by atoms with van der Waals surface area (Å²) in [5.41, 5.74) is 3.66. The molecule has 0 saturated heterocycles. The Morgan fingerprint density at radius 1 is 1.32 bits per heavy atom. The number of Topliss-reactive ketones (excluding diaryl/α,β-unsaturated/α-hetero) is 1. The Morgan fingerprint density at radius 2 is 2.11 bits per heavy atom. The van der Waals surface area contributed by atoms with Gasteiger partial charge in [0.1, 0.15) is 0 Å². The van der Waals surface area contributed by atoms with Gasteiger partial charge in [0.05, 0.1) is 12.2 Å². The highest BCUT2D eigenvalue weighted by Crippen LogP contribution is 2.46. The Labute approximate surface area is 167 Å². The fourth-order valence-corrected chi connectivity index (χ4v) is 4.18. The molecule has 2 heterocycles. The highest BCUT2D eigenvalue weighted by Gasteiger charge is 2.43. The quantitative estimate of drug-likeness (QED) is 0.583. The van der Waals surface area contributed by atoms with Crippen LogP contribution >= 0.6 is 0 Å². The normalized spacial score (nSPS) is 21.3. The van der Waals surface area contributed by atoms with E-state index in [4.69, 9.17) is 4.74 Å². The first kappa shape index (κ1) is 20.3. The summed E-state index contributed by atoms with van der Waals surface area (Å²) in [6.45, 7) is 8.61. The SMILES string of the molecule is CCCCCOC(=O)C1=C(C)NC2=C(C(=O)CC(C)(C)C2)[C@@H]1c1cccnc1. The van der Waals surface area contributed by atoms with E-state index in [2.05, 4.69) is 31.1 Å². The van der Waals surface area contributed by atoms with Gasteiger partial charge in [-0.25, -0.2) is 4.79 Å². The number of carbonyl (C=O) groups excluding carboxylic acids is 2. The van der Waals surface area contributed by atoms with Gasteiger partial charge in [-0.1, -0.05) is 39.7 Å². The van der Waals surface area contributed by atoms with E-state index in [9.17, 15) is 9.59 Å². The van der Waals surface area contributed by atoms with Gasteiger partial charge in [-0.3, -0.25) is 9.78 Å². The minimum Gasteiger partial charge on any atom is -0.462 e. The number of hydrogen-bond donors (Lipinski definition) is 1. The lowest BCUT2D eigenvalue weighted by Crippen LogP contribution is -2.38. The van der Waals surface area contributed by atoms with E-state index in [0.29, 0.717) is 24.2 Å². The van der Waals surface area contributed by atoms with E-state index in [1.165, 1.54) is 0 Å². The van der Waals surface area contributed by atoms with Crippen LogP contribution in [0, 0.1) is 5.41 Å². The first-order valence-corrected chi connectivity index (χ1v) is 10.1. The number of aromatic nitrogens is 1. The summed E-state index contributed by atoms with van der Waals surface area (Å²) in [6.07, 6.45) is 7.64. The van der Waals surface area contributed by atoms with E-state index < -0.39 is 5.92 Å². The standard InChI is InChI=1S/C23H30N2O3/c1-5-6-7-11-28-22(27)19-15(2)25-17-12-23(3,4)13-18(26)21(17)20(19)16-9-8-10-24-14-16/h8-10,14,20,25H,5-7,11-13H2,1-4H3/t20-/m1/s1. The van der Waals surface area contributed by atoms with Gasteiger partial charge >= 0.3 is 5.97 Å². The summed E-state index contributed by atoms with van der Waals surface area (Å²) in [5, 5.41) is 3.35. The minimum atomic E-state index is -0.424. The Bertz CT molecular complexity index is 822. The summed E-state index contributed by atoms with van der Waals surface area (Å²) in [5.74, 6) is -0.678. The average molecular weight is 383 g/mol. The molecule has 1 aliphatic carbocycles. The number of esters is 1. The maximum atomic E-state index is 13.1. The number of dihydropyridines is 1. The molecule has 1 atom stereocenters. The number of nitrogens with zero attached hydrogens (tertiary/aromatic N) is 1. The molecular weight excluding hydrogens is 352 g/mol. The molecule has 1 aromatic heterocycles. The van der Waals surface area contributed by atoms with Crippen LogP contribution in [0.3, 0.4) is 0 Å². The fraction of sp³-hybridized carbons (Fsp3) is 0.522. The lowest BCUT2D eigenvalue weighted by molar-refractivity contribution is -0.139. The molecule has 0 aromatic carbocycles. The second kappa shape index (κ2) is 8.29. The summed E-state index contributed by atoms with van der Waals surface area (Å²) < 4.78 is 5.57. The second-order valence-corrected chi connectivity index (χ2v) is 8.56. The summed E-state index contributed by atoms with van der Waals surface area (Å²) >= 11 is 0. The first-order chi connectivity index (χ1) is 13.3. The Balaban J connectivity index is 1.99. The van der Waals surface area contributed by atoms with Crippen molar-refractivity contribution in [1.82, 2.24) is 10.3 Å². The van der Waals surface area contributed by atoms with Crippen molar-refractivity contribution in [3.05, 3.63) is 52.6 Å². The van der Waals surface area contributed by atoms with Gasteiger partial charge < -0.3 is 10.1 Å². The molecule has 0 amide bonds. The third-order valence-electron chi connectivity index (χ3n) is 5.46. The van der Waals surface area contributed by atoms with E-state index in [-0.39, 0.29) is 17.2 Å². The maximum absolute atomic E-state index is 13.1. The number of nitrogens with one attached hydrogen (secondary N) is 1. The van der Waals surface area contributed by atoms with Crippen LogP contribution in [0.2, 0.25) is 0 Å². The van der Waals surface area contributed by atoms with Gasteiger partial charge in [0.25, 0.3) is 0 Å². The summed E-state index contributed by atoms with van der Waals surface area (Å²) in [7, 11) is 0. The van der Waals surface area contributed by atoms with Gasteiger partial charge in [-0.2, -0.15) is 0 Å². The molecule has 1 N–H and O–H groups in total. The topological polar surface area (TPSA) is 68.3 Å². The molecular formula is C23H30N2O3. The largest absolute Gasteiger partial charge is 0.462 e. The van der Waals surface area contributed by atoms with E-state index in [1.807, 2.05) is 19.1 Å². The predicted molar refractivity (Wildman–Crippen MR) is 108 cm³/mol. The molecule has 0 fully saturated rings. The Kier molecular flexibility index (Phi) is 6.01. The number of allylic oxidation sites excluding steroid dienone is 3. The first-order valence-electron chi connectivity index (χ1n) is 10.1. The average Bonchev–Trinajstić information content (AvgIpc) is 2.63. The fourth-order valence-electron chi connectivity index (χ4n) is 4.18. The lowest BCUT2D eigenvalue weighted by atomic mass is 9.69. The zero-order chi connectivity index (χ0) is 20.3. The molecule has 0 unspecified atom stereocenters. The number of ketones is 1. The maximum Gasteiger partial charge on any atom is 0.336 e. The highest BCUT2D eigenvalue weighted by molar-refractivity contribution is 6.04. The number of ether oxygens (including phenoxy) is 1. The number of rotatable bonds is 6. The van der Waals surface area contributed by atoms with Crippen molar-refractivity contribution < 1.29 is 14.3 Å². The van der Waals surface area contributed by atoms with Gasteiger partial charge in [-0.05, 0) is 36.8 Å². The molecule has 28 heavy (non-hydrogen) atoms. The van der Waals surface area contributed by atoms with Crippen molar-refractivity contribution in [2.75, 3.05) is 6.61 Å². The molecule has 3 rings (SSSR count). The van der Waals surface area contributed by atoms with Crippen LogP contribution < -0.4 is 5.32 Å². The molecule has 0 radical (unpaired) electrons. The molecule has 1 aromatic rings. The van der Waals surface area contributed by atoms with Gasteiger partial charge in [-0.15, -0.1) is 0 Å². The summed E-state index contributed by atoms with van der Waals surface area (Å²) in [6, 6.07) is 3.77. The van der Waals surface area contributed by atoms with Crippen molar-refractivity contribution in [3.8, 4) is 0 Å².